The van der Waals surface area contributed by atoms with Crippen molar-refractivity contribution in [3.8, 4) is 0 Å². The third-order valence-corrected chi connectivity index (χ3v) is 4.41. The van der Waals surface area contributed by atoms with Gasteiger partial charge in [0.1, 0.15) is 11.9 Å². The van der Waals surface area contributed by atoms with Gasteiger partial charge in [-0.3, -0.25) is 4.79 Å². The van der Waals surface area contributed by atoms with Gasteiger partial charge in [0.05, 0.1) is 18.7 Å². The first-order valence-corrected chi connectivity index (χ1v) is 8.85. The predicted molar refractivity (Wildman–Crippen MR) is 87.2 cm³/mol. The van der Waals surface area contributed by atoms with E-state index in [4.69, 9.17) is 10.5 Å². The van der Waals surface area contributed by atoms with Gasteiger partial charge in [-0.25, -0.2) is 4.39 Å². The molecule has 4 nitrogen and oxygen atoms in total. The first-order chi connectivity index (χ1) is 10.5. The quantitative estimate of drug-likeness (QED) is 0.901. The second-order valence-corrected chi connectivity index (χ2v) is 6.60. The summed E-state index contributed by atoms with van der Waals surface area (Å²) in [5, 5.41) is 0. The van der Waals surface area contributed by atoms with Crippen molar-refractivity contribution in [1.29, 1.82) is 0 Å². The van der Waals surface area contributed by atoms with E-state index in [0.29, 0.717) is 19.5 Å². The highest BCUT2D eigenvalue weighted by Crippen LogP contribution is 2.26. The fourth-order valence-corrected chi connectivity index (χ4v) is 3.09. The fourth-order valence-electron chi connectivity index (χ4n) is 2.60. The van der Waals surface area contributed by atoms with Crippen molar-refractivity contribution < 1.29 is 13.9 Å². The van der Waals surface area contributed by atoms with Gasteiger partial charge in [0.15, 0.2) is 0 Å². The molecule has 0 aliphatic carbocycles. The molecule has 1 aliphatic rings. The summed E-state index contributed by atoms with van der Waals surface area (Å²) in [5.41, 5.74) is 6.87. The summed E-state index contributed by atoms with van der Waals surface area (Å²) in [6.07, 6.45) is 2.37. The van der Waals surface area contributed by atoms with E-state index < -0.39 is 6.04 Å². The van der Waals surface area contributed by atoms with E-state index in [1.54, 1.807) is 28.8 Å². The van der Waals surface area contributed by atoms with Crippen molar-refractivity contribution in [2.24, 2.45) is 5.73 Å². The molecule has 0 saturated carbocycles. The van der Waals surface area contributed by atoms with Crippen LogP contribution in [-0.2, 0) is 9.53 Å². The average molecular weight is 326 g/mol. The Balaban J connectivity index is 2.04. The first-order valence-electron chi connectivity index (χ1n) is 7.45. The van der Waals surface area contributed by atoms with Gasteiger partial charge in [-0.15, -0.1) is 0 Å². The van der Waals surface area contributed by atoms with Crippen molar-refractivity contribution in [2.45, 2.75) is 31.6 Å². The van der Waals surface area contributed by atoms with Crippen LogP contribution in [0.5, 0.6) is 0 Å². The molecule has 1 aliphatic heterocycles. The molecular formula is C16H23FN2O2S. The topological polar surface area (TPSA) is 55.6 Å². The number of halogens is 1. The Labute approximate surface area is 135 Å². The Morgan fingerprint density at radius 2 is 2.14 bits per heavy atom. The van der Waals surface area contributed by atoms with Crippen molar-refractivity contribution in [1.82, 2.24) is 4.90 Å². The van der Waals surface area contributed by atoms with Gasteiger partial charge in [0, 0.05) is 6.54 Å². The fraction of sp³-hybridized carbons (Fsp3) is 0.562. The summed E-state index contributed by atoms with van der Waals surface area (Å²) in [6.45, 7) is 2.94. The molecule has 2 N–H and O–H groups in total. The highest BCUT2D eigenvalue weighted by atomic mass is 32.2. The van der Waals surface area contributed by atoms with Gasteiger partial charge in [0.25, 0.3) is 0 Å². The number of benzene rings is 1. The summed E-state index contributed by atoms with van der Waals surface area (Å²) >= 11 is 1.68. The number of hydrogen-bond donors (Lipinski definition) is 1. The number of morpholine rings is 1. The van der Waals surface area contributed by atoms with E-state index >= 15 is 0 Å². The Morgan fingerprint density at radius 1 is 1.45 bits per heavy atom. The van der Waals surface area contributed by atoms with Gasteiger partial charge in [-0.1, -0.05) is 12.1 Å². The van der Waals surface area contributed by atoms with Crippen molar-refractivity contribution in [3.05, 3.63) is 35.6 Å². The number of ether oxygens (including phenoxy) is 1. The van der Waals surface area contributed by atoms with Crippen LogP contribution in [0.15, 0.2) is 24.3 Å². The minimum atomic E-state index is -0.466. The molecule has 6 heteroatoms. The molecule has 122 valence electrons. The highest BCUT2D eigenvalue weighted by molar-refractivity contribution is 7.98. The number of thioether (sulfide) groups is 1. The maximum atomic E-state index is 13.0. The van der Waals surface area contributed by atoms with E-state index in [1.807, 2.05) is 13.2 Å². The second kappa shape index (κ2) is 7.94. The monoisotopic (exact) mass is 326 g/mol. The number of rotatable bonds is 5. The molecule has 0 unspecified atom stereocenters. The zero-order chi connectivity index (χ0) is 16.1. The van der Waals surface area contributed by atoms with Gasteiger partial charge >= 0.3 is 0 Å². The molecule has 0 bridgehead atoms. The molecule has 0 aromatic heterocycles. The number of nitrogens with zero attached hydrogens (tertiary/aromatic N) is 1. The molecule has 0 spiro atoms. The van der Waals surface area contributed by atoms with E-state index in [9.17, 15) is 9.18 Å². The lowest BCUT2D eigenvalue weighted by atomic mass is 10.1. The van der Waals surface area contributed by atoms with Gasteiger partial charge in [0.2, 0.25) is 5.91 Å². The Bertz CT molecular complexity index is 497. The molecule has 1 amide bonds. The van der Waals surface area contributed by atoms with Crippen LogP contribution in [0.2, 0.25) is 0 Å². The van der Waals surface area contributed by atoms with Crippen LogP contribution >= 0.6 is 11.8 Å². The number of carbonyl (C=O) groups is 1. The van der Waals surface area contributed by atoms with Gasteiger partial charge < -0.3 is 15.4 Å². The van der Waals surface area contributed by atoms with Crippen LogP contribution in [0.4, 0.5) is 4.39 Å². The molecule has 0 radical (unpaired) electrons. The maximum absolute atomic E-state index is 13.0. The minimum Gasteiger partial charge on any atom is -0.367 e. The largest absolute Gasteiger partial charge is 0.367 e. The lowest BCUT2D eigenvalue weighted by Gasteiger charge is -2.38. The van der Waals surface area contributed by atoms with E-state index in [1.165, 1.54) is 12.1 Å². The minimum absolute atomic E-state index is 0.0312. The van der Waals surface area contributed by atoms with Crippen LogP contribution < -0.4 is 5.73 Å². The summed E-state index contributed by atoms with van der Waals surface area (Å²) in [5.74, 6) is 0.560. The standard InChI is InChI=1S/C16H23FN2O2S/c1-11-9-19(16(20)14(18)7-8-22-2)10-15(21-11)12-3-5-13(17)6-4-12/h3-6,11,14-15H,7-10,18H2,1-2H3/t11-,14+,15-/m1/s1. The zero-order valence-electron chi connectivity index (χ0n) is 13.0. The molecule has 3 atom stereocenters. The maximum Gasteiger partial charge on any atom is 0.239 e. The Hall–Kier alpha value is -1.11. The zero-order valence-corrected chi connectivity index (χ0v) is 13.8. The number of carbonyl (C=O) groups excluding carboxylic acids is 1. The smallest absolute Gasteiger partial charge is 0.239 e. The SMILES string of the molecule is CSCC[C@H](N)C(=O)N1C[C@@H](C)O[C@@H](c2ccc(F)cc2)C1. The molecule has 1 aromatic rings. The first kappa shape index (κ1) is 17.2. The molecular weight excluding hydrogens is 303 g/mol. The number of hydrogen-bond acceptors (Lipinski definition) is 4. The summed E-state index contributed by atoms with van der Waals surface area (Å²) < 4.78 is 18.9. The molecule has 1 fully saturated rings. The molecule has 2 rings (SSSR count). The molecule has 1 heterocycles. The predicted octanol–water partition coefficient (Wildman–Crippen LogP) is 2.19. The molecule has 1 aromatic carbocycles. The Morgan fingerprint density at radius 3 is 2.77 bits per heavy atom. The normalized spacial score (nSPS) is 23.4. The van der Waals surface area contributed by atoms with Crippen molar-refractivity contribution >= 4 is 17.7 Å². The lowest BCUT2D eigenvalue weighted by Crippen LogP contribution is -2.51. The third-order valence-electron chi connectivity index (χ3n) is 3.76. The van der Waals surface area contributed by atoms with Crippen molar-refractivity contribution in [3.63, 3.8) is 0 Å². The van der Waals surface area contributed by atoms with Gasteiger partial charge in [-0.2, -0.15) is 11.8 Å². The van der Waals surface area contributed by atoms with E-state index in [-0.39, 0.29) is 23.9 Å². The van der Waals surface area contributed by atoms with E-state index in [2.05, 4.69) is 0 Å². The van der Waals surface area contributed by atoms with Crippen LogP contribution in [-0.4, -0.2) is 48.1 Å². The highest BCUT2D eigenvalue weighted by Gasteiger charge is 2.31. The van der Waals surface area contributed by atoms with Gasteiger partial charge in [-0.05, 0) is 43.0 Å². The summed E-state index contributed by atoms with van der Waals surface area (Å²) in [6, 6.07) is 5.76. The Kier molecular flexibility index (Phi) is 6.23. The number of nitrogens with two attached hydrogens (primary N) is 1. The summed E-state index contributed by atoms with van der Waals surface area (Å²) in [4.78, 5) is 14.2. The lowest BCUT2D eigenvalue weighted by molar-refractivity contribution is -0.146. The number of amides is 1. The summed E-state index contributed by atoms with van der Waals surface area (Å²) in [7, 11) is 0. The van der Waals surface area contributed by atoms with Crippen LogP contribution in [0.1, 0.15) is 25.0 Å². The third kappa shape index (κ3) is 4.44. The van der Waals surface area contributed by atoms with E-state index in [0.717, 1.165) is 11.3 Å². The van der Waals surface area contributed by atoms with Crippen LogP contribution in [0, 0.1) is 5.82 Å². The average Bonchev–Trinajstić information content (AvgIpc) is 2.52. The van der Waals surface area contributed by atoms with Crippen LogP contribution in [0.25, 0.3) is 0 Å². The van der Waals surface area contributed by atoms with Crippen LogP contribution in [0.3, 0.4) is 0 Å². The second-order valence-electron chi connectivity index (χ2n) is 5.62. The molecule has 1 saturated heterocycles. The van der Waals surface area contributed by atoms with Crippen molar-refractivity contribution in [2.75, 3.05) is 25.1 Å². The molecule has 22 heavy (non-hydrogen) atoms.